The number of benzene rings is 2. The van der Waals surface area contributed by atoms with Gasteiger partial charge in [-0.2, -0.15) is 0 Å². The van der Waals surface area contributed by atoms with Crippen molar-refractivity contribution in [2.45, 2.75) is 39.7 Å². The smallest absolute Gasteiger partial charge is 0.319 e. The summed E-state index contributed by atoms with van der Waals surface area (Å²) in [5.74, 6) is 0.0563. The van der Waals surface area contributed by atoms with Gasteiger partial charge in [0.25, 0.3) is 5.91 Å². The van der Waals surface area contributed by atoms with Gasteiger partial charge in [0.2, 0.25) is 0 Å². The Morgan fingerprint density at radius 2 is 1.81 bits per heavy atom. The van der Waals surface area contributed by atoms with Crippen molar-refractivity contribution < 1.29 is 9.59 Å². The van der Waals surface area contributed by atoms with E-state index in [2.05, 4.69) is 20.9 Å². The average molecular weight is 421 g/mol. The molecule has 2 N–H and O–H groups in total. The van der Waals surface area contributed by atoms with Gasteiger partial charge in [-0.15, -0.1) is 5.10 Å². The molecule has 3 aromatic rings. The van der Waals surface area contributed by atoms with Crippen molar-refractivity contribution in [3.63, 3.8) is 0 Å². The van der Waals surface area contributed by atoms with Crippen molar-refractivity contribution in [2.75, 3.05) is 25.0 Å². The van der Waals surface area contributed by atoms with Crippen molar-refractivity contribution >= 4 is 28.7 Å². The van der Waals surface area contributed by atoms with E-state index in [1.807, 2.05) is 49.1 Å². The minimum absolute atomic E-state index is 0.0563. The van der Waals surface area contributed by atoms with Crippen LogP contribution < -0.4 is 10.6 Å². The number of carbonyl (C=O) groups is 2. The Morgan fingerprint density at radius 3 is 2.58 bits per heavy atom. The molecule has 0 bridgehead atoms. The van der Waals surface area contributed by atoms with Gasteiger partial charge in [-0.05, 0) is 74.6 Å². The van der Waals surface area contributed by atoms with Crippen molar-refractivity contribution in [3.8, 4) is 0 Å². The zero-order valence-electron chi connectivity index (χ0n) is 18.0. The number of anilines is 1. The molecule has 31 heavy (non-hydrogen) atoms. The normalized spacial score (nSPS) is 13.9. The number of amides is 3. The van der Waals surface area contributed by atoms with E-state index in [1.54, 1.807) is 10.7 Å². The van der Waals surface area contributed by atoms with Crippen molar-refractivity contribution in [3.05, 3.63) is 53.1 Å². The molecule has 162 valence electrons. The first kappa shape index (κ1) is 20.8. The van der Waals surface area contributed by atoms with Crippen LogP contribution >= 0.6 is 0 Å². The summed E-state index contributed by atoms with van der Waals surface area (Å²) in [6.45, 7) is 6.58. The number of hydrogen-bond acceptors (Lipinski definition) is 4. The van der Waals surface area contributed by atoms with E-state index in [0.717, 1.165) is 42.7 Å². The SMILES string of the molecule is Cc1ccc(NC(=O)NCCn2nnc3cc(C(=O)N4CCCCC4)ccc32)cc1C. The lowest BCUT2D eigenvalue weighted by Gasteiger charge is -2.26. The summed E-state index contributed by atoms with van der Waals surface area (Å²) in [7, 11) is 0. The lowest BCUT2D eigenvalue weighted by atomic mass is 10.1. The van der Waals surface area contributed by atoms with Crippen LogP contribution in [0.15, 0.2) is 36.4 Å². The van der Waals surface area contributed by atoms with Crippen molar-refractivity contribution in [1.82, 2.24) is 25.2 Å². The summed E-state index contributed by atoms with van der Waals surface area (Å²) in [5, 5.41) is 14.1. The van der Waals surface area contributed by atoms with Crippen LogP contribution in [-0.4, -0.2) is 51.5 Å². The van der Waals surface area contributed by atoms with Gasteiger partial charge < -0.3 is 15.5 Å². The van der Waals surface area contributed by atoms with Crippen LogP contribution in [0.1, 0.15) is 40.7 Å². The van der Waals surface area contributed by atoms with Gasteiger partial charge in [0.15, 0.2) is 0 Å². The van der Waals surface area contributed by atoms with Gasteiger partial charge in [-0.1, -0.05) is 11.3 Å². The van der Waals surface area contributed by atoms with Crippen molar-refractivity contribution in [1.29, 1.82) is 0 Å². The third kappa shape index (κ3) is 4.84. The Morgan fingerprint density at radius 1 is 1.00 bits per heavy atom. The highest BCUT2D eigenvalue weighted by Gasteiger charge is 2.19. The second-order valence-electron chi connectivity index (χ2n) is 8.05. The minimum Gasteiger partial charge on any atom is -0.339 e. The molecule has 1 aliphatic rings. The summed E-state index contributed by atoms with van der Waals surface area (Å²) in [6, 6.07) is 11.1. The van der Waals surface area contributed by atoms with E-state index < -0.39 is 0 Å². The van der Waals surface area contributed by atoms with E-state index in [4.69, 9.17) is 0 Å². The molecule has 0 spiro atoms. The molecule has 0 unspecified atom stereocenters. The maximum absolute atomic E-state index is 12.7. The highest BCUT2D eigenvalue weighted by Crippen LogP contribution is 2.18. The zero-order chi connectivity index (χ0) is 21.8. The average Bonchev–Trinajstić information content (AvgIpc) is 3.18. The molecule has 0 saturated carbocycles. The number of carbonyl (C=O) groups excluding carboxylic acids is 2. The molecule has 0 radical (unpaired) electrons. The predicted octanol–water partition coefficient (Wildman–Crippen LogP) is 3.50. The lowest BCUT2D eigenvalue weighted by Crippen LogP contribution is -2.35. The van der Waals surface area contributed by atoms with Crippen LogP contribution in [0.3, 0.4) is 0 Å². The standard InChI is InChI=1S/C23H28N6O2/c1-16-6-8-19(14-17(16)2)25-23(31)24-10-13-29-21-9-7-18(15-20(21)26-27-29)22(30)28-11-4-3-5-12-28/h6-9,14-15H,3-5,10-13H2,1-2H3,(H2,24,25,31). The van der Waals surface area contributed by atoms with E-state index in [1.165, 1.54) is 12.0 Å². The monoisotopic (exact) mass is 420 g/mol. The number of nitrogens with zero attached hydrogens (tertiary/aromatic N) is 4. The van der Waals surface area contributed by atoms with Gasteiger partial charge in [0.05, 0.1) is 12.1 Å². The van der Waals surface area contributed by atoms with Crippen molar-refractivity contribution in [2.24, 2.45) is 0 Å². The Hall–Kier alpha value is -3.42. The maximum atomic E-state index is 12.7. The van der Waals surface area contributed by atoms with Gasteiger partial charge in [0, 0.05) is 30.9 Å². The molecule has 1 aromatic heterocycles. The third-order valence-corrected chi connectivity index (χ3v) is 5.78. The van der Waals surface area contributed by atoms with Crippen LogP contribution in [0.2, 0.25) is 0 Å². The van der Waals surface area contributed by atoms with Crippen LogP contribution in [-0.2, 0) is 6.54 Å². The first-order valence-corrected chi connectivity index (χ1v) is 10.8. The number of nitrogens with one attached hydrogen (secondary N) is 2. The molecule has 1 saturated heterocycles. The lowest BCUT2D eigenvalue weighted by molar-refractivity contribution is 0.0724. The molecule has 8 heteroatoms. The summed E-state index contributed by atoms with van der Waals surface area (Å²) in [4.78, 5) is 26.8. The first-order valence-electron chi connectivity index (χ1n) is 10.8. The first-order chi connectivity index (χ1) is 15.0. The Labute approximate surface area is 181 Å². The fourth-order valence-corrected chi connectivity index (χ4v) is 3.82. The molecule has 2 aromatic carbocycles. The zero-order valence-corrected chi connectivity index (χ0v) is 18.0. The van der Waals surface area contributed by atoms with Gasteiger partial charge in [0.1, 0.15) is 5.52 Å². The van der Waals surface area contributed by atoms with Crippen LogP contribution in [0.4, 0.5) is 10.5 Å². The summed E-state index contributed by atoms with van der Waals surface area (Å²) < 4.78 is 1.74. The number of rotatable bonds is 5. The number of hydrogen-bond donors (Lipinski definition) is 2. The number of aromatic nitrogens is 3. The molecular weight excluding hydrogens is 392 g/mol. The molecular formula is C23H28N6O2. The summed E-state index contributed by atoms with van der Waals surface area (Å²) in [5.41, 5.74) is 5.24. The Kier molecular flexibility index (Phi) is 6.16. The summed E-state index contributed by atoms with van der Waals surface area (Å²) >= 11 is 0. The molecule has 0 atom stereocenters. The van der Waals surface area contributed by atoms with E-state index in [0.29, 0.717) is 24.2 Å². The Balaban J connectivity index is 1.34. The number of fused-ring (bicyclic) bond motifs is 1. The fourth-order valence-electron chi connectivity index (χ4n) is 3.82. The molecule has 4 rings (SSSR count). The molecule has 2 heterocycles. The molecule has 3 amide bonds. The maximum Gasteiger partial charge on any atom is 0.319 e. The number of urea groups is 1. The van der Waals surface area contributed by atoms with E-state index in [9.17, 15) is 9.59 Å². The second-order valence-corrected chi connectivity index (χ2v) is 8.05. The predicted molar refractivity (Wildman–Crippen MR) is 120 cm³/mol. The van der Waals surface area contributed by atoms with Gasteiger partial charge >= 0.3 is 6.03 Å². The van der Waals surface area contributed by atoms with E-state index >= 15 is 0 Å². The van der Waals surface area contributed by atoms with Crippen LogP contribution in [0, 0.1) is 13.8 Å². The van der Waals surface area contributed by atoms with Crippen LogP contribution in [0.5, 0.6) is 0 Å². The number of piperidine rings is 1. The summed E-state index contributed by atoms with van der Waals surface area (Å²) in [6.07, 6.45) is 3.32. The molecule has 8 nitrogen and oxygen atoms in total. The highest BCUT2D eigenvalue weighted by atomic mass is 16.2. The van der Waals surface area contributed by atoms with Gasteiger partial charge in [-0.25, -0.2) is 9.48 Å². The quantitative estimate of drug-likeness (QED) is 0.661. The minimum atomic E-state index is -0.262. The van der Waals surface area contributed by atoms with Gasteiger partial charge in [-0.3, -0.25) is 4.79 Å². The number of aryl methyl sites for hydroxylation is 2. The largest absolute Gasteiger partial charge is 0.339 e. The fraction of sp³-hybridized carbons (Fsp3) is 0.391. The molecule has 1 fully saturated rings. The topological polar surface area (TPSA) is 92.1 Å². The Bertz CT molecular complexity index is 1100. The third-order valence-electron chi connectivity index (χ3n) is 5.78. The van der Waals surface area contributed by atoms with E-state index in [-0.39, 0.29) is 11.9 Å². The highest BCUT2D eigenvalue weighted by molar-refractivity contribution is 5.97. The number of likely N-dealkylation sites (tertiary alicyclic amines) is 1. The molecule has 0 aliphatic carbocycles. The second kappa shape index (κ2) is 9.16. The molecule has 1 aliphatic heterocycles. The van der Waals surface area contributed by atoms with Crippen LogP contribution in [0.25, 0.3) is 11.0 Å².